The molecule has 0 saturated carbocycles. The second-order valence-electron chi connectivity index (χ2n) is 7.54. The lowest BCUT2D eigenvalue weighted by molar-refractivity contribution is -0.135. The van der Waals surface area contributed by atoms with Crippen LogP contribution in [0.15, 0.2) is 24.3 Å². The molecule has 3 fully saturated rings. The van der Waals surface area contributed by atoms with Crippen molar-refractivity contribution < 1.29 is 14.4 Å². The Morgan fingerprint density at radius 1 is 1.00 bits per heavy atom. The second kappa shape index (κ2) is 5.76. The number of fused-ring (bicyclic) bond motifs is 2. The van der Waals surface area contributed by atoms with Crippen molar-refractivity contribution in [1.29, 1.82) is 0 Å². The molecular formula is C19H20N2O3S2. The van der Waals surface area contributed by atoms with Crippen LogP contribution in [0.3, 0.4) is 0 Å². The lowest BCUT2D eigenvalue weighted by Crippen LogP contribution is -2.52. The zero-order valence-corrected chi connectivity index (χ0v) is 16.1. The summed E-state index contributed by atoms with van der Waals surface area (Å²) < 4.78 is 0.206. The molecule has 3 atom stereocenters. The molecule has 0 N–H and O–H groups in total. The average molecular weight is 389 g/mol. The van der Waals surface area contributed by atoms with Gasteiger partial charge < -0.3 is 4.90 Å². The largest absolute Gasteiger partial charge is 0.335 e. The van der Waals surface area contributed by atoms with Crippen molar-refractivity contribution in [2.45, 2.75) is 48.4 Å². The van der Waals surface area contributed by atoms with Crippen LogP contribution >= 0.6 is 23.5 Å². The number of imide groups is 1. The van der Waals surface area contributed by atoms with Gasteiger partial charge in [0.15, 0.2) is 0 Å². The molecular weight excluding hydrogens is 368 g/mol. The van der Waals surface area contributed by atoms with Crippen LogP contribution < -0.4 is 0 Å². The minimum absolute atomic E-state index is 0.0557. The molecule has 0 aliphatic carbocycles. The van der Waals surface area contributed by atoms with Gasteiger partial charge in [-0.1, -0.05) is 12.1 Å². The first-order chi connectivity index (χ1) is 12.5. The first-order valence-electron chi connectivity index (χ1n) is 9.08. The smallest absolute Gasteiger partial charge is 0.262 e. The average Bonchev–Trinajstić information content (AvgIpc) is 3.26. The van der Waals surface area contributed by atoms with Gasteiger partial charge >= 0.3 is 0 Å². The van der Waals surface area contributed by atoms with Gasteiger partial charge in [0.05, 0.1) is 15.2 Å². The minimum atomic E-state index is -0.651. The van der Waals surface area contributed by atoms with Crippen molar-refractivity contribution in [2.24, 2.45) is 0 Å². The van der Waals surface area contributed by atoms with Gasteiger partial charge in [-0.05, 0) is 38.3 Å². The highest BCUT2D eigenvalue weighted by molar-refractivity contribution is 8.21. The van der Waals surface area contributed by atoms with Gasteiger partial charge in [0.2, 0.25) is 5.91 Å². The number of carbonyl (C=O) groups excluding carboxylic acids is 3. The molecule has 0 radical (unpaired) electrons. The SMILES string of the molecule is C[C@@H]1CC2(C[C@@H]3C[C@@H](N4C(=O)c5ccccc5C4=O)C(=O)N31)SCCS2. The van der Waals surface area contributed by atoms with E-state index in [0.29, 0.717) is 17.5 Å². The molecule has 136 valence electrons. The summed E-state index contributed by atoms with van der Waals surface area (Å²) in [6.07, 6.45) is 2.51. The van der Waals surface area contributed by atoms with Crippen LogP contribution in [-0.4, -0.2) is 61.2 Å². The van der Waals surface area contributed by atoms with Gasteiger partial charge in [-0.3, -0.25) is 19.3 Å². The monoisotopic (exact) mass is 388 g/mol. The van der Waals surface area contributed by atoms with Crippen LogP contribution in [0.25, 0.3) is 0 Å². The fourth-order valence-electron chi connectivity index (χ4n) is 5.01. The summed E-state index contributed by atoms with van der Waals surface area (Å²) in [6.45, 7) is 2.11. The van der Waals surface area contributed by atoms with E-state index in [1.54, 1.807) is 24.3 Å². The van der Waals surface area contributed by atoms with Gasteiger partial charge in [0.1, 0.15) is 6.04 Å². The molecule has 0 aromatic heterocycles. The van der Waals surface area contributed by atoms with Crippen LogP contribution in [0.2, 0.25) is 0 Å². The van der Waals surface area contributed by atoms with E-state index < -0.39 is 6.04 Å². The predicted octanol–water partition coefficient (Wildman–Crippen LogP) is 2.61. The Morgan fingerprint density at radius 2 is 1.62 bits per heavy atom. The maximum Gasteiger partial charge on any atom is 0.262 e. The summed E-state index contributed by atoms with van der Waals surface area (Å²) in [4.78, 5) is 41.9. The summed E-state index contributed by atoms with van der Waals surface area (Å²) in [5.74, 6) is 1.63. The van der Waals surface area contributed by atoms with Crippen molar-refractivity contribution in [3.8, 4) is 0 Å². The molecule has 0 bridgehead atoms. The highest BCUT2D eigenvalue weighted by Gasteiger charge is 2.56. The second-order valence-corrected chi connectivity index (χ2v) is 10.8. The van der Waals surface area contributed by atoms with Crippen molar-refractivity contribution in [3.05, 3.63) is 35.4 Å². The van der Waals surface area contributed by atoms with Crippen LogP contribution in [0.4, 0.5) is 0 Å². The zero-order chi connectivity index (χ0) is 18.1. The molecule has 3 amide bonds. The van der Waals surface area contributed by atoms with Gasteiger partial charge in [0, 0.05) is 23.6 Å². The molecule has 4 heterocycles. The van der Waals surface area contributed by atoms with Crippen molar-refractivity contribution in [2.75, 3.05) is 11.5 Å². The number of amides is 3. The summed E-state index contributed by atoms with van der Waals surface area (Å²) in [6, 6.07) is 6.48. The fourth-order valence-corrected chi connectivity index (χ4v) is 8.60. The van der Waals surface area contributed by atoms with E-state index in [1.807, 2.05) is 28.4 Å². The quantitative estimate of drug-likeness (QED) is 0.692. The summed E-state index contributed by atoms with van der Waals surface area (Å²) in [5, 5.41) is 0. The summed E-state index contributed by atoms with van der Waals surface area (Å²) >= 11 is 4.04. The minimum Gasteiger partial charge on any atom is -0.335 e. The van der Waals surface area contributed by atoms with Crippen LogP contribution in [0.1, 0.15) is 46.9 Å². The maximum atomic E-state index is 13.1. The lowest BCUT2D eigenvalue weighted by Gasteiger charge is -2.44. The number of carbonyl (C=O) groups is 3. The van der Waals surface area contributed by atoms with E-state index in [-0.39, 0.29) is 33.9 Å². The highest BCUT2D eigenvalue weighted by atomic mass is 32.2. The van der Waals surface area contributed by atoms with Gasteiger partial charge in [-0.15, -0.1) is 23.5 Å². The van der Waals surface area contributed by atoms with Crippen LogP contribution in [-0.2, 0) is 4.79 Å². The van der Waals surface area contributed by atoms with E-state index in [0.717, 1.165) is 12.8 Å². The molecule has 1 aromatic rings. The Bertz CT molecular complexity index is 786. The number of hydrogen-bond donors (Lipinski definition) is 0. The van der Waals surface area contributed by atoms with Gasteiger partial charge in [0.25, 0.3) is 11.8 Å². The predicted molar refractivity (Wildman–Crippen MR) is 102 cm³/mol. The molecule has 3 saturated heterocycles. The third-order valence-corrected chi connectivity index (χ3v) is 9.51. The Hall–Kier alpha value is -1.47. The Balaban J connectivity index is 1.45. The number of rotatable bonds is 1. The number of piperidine rings is 1. The third kappa shape index (κ3) is 2.22. The molecule has 1 aromatic carbocycles. The van der Waals surface area contributed by atoms with E-state index in [4.69, 9.17) is 0 Å². The van der Waals surface area contributed by atoms with Gasteiger partial charge in [-0.25, -0.2) is 0 Å². The van der Waals surface area contributed by atoms with Crippen molar-refractivity contribution in [1.82, 2.24) is 9.80 Å². The van der Waals surface area contributed by atoms with Crippen molar-refractivity contribution >= 4 is 41.2 Å². The highest BCUT2D eigenvalue weighted by Crippen LogP contribution is 2.55. The fraction of sp³-hybridized carbons (Fsp3) is 0.526. The van der Waals surface area contributed by atoms with E-state index in [2.05, 4.69) is 6.92 Å². The molecule has 5 rings (SSSR count). The van der Waals surface area contributed by atoms with Gasteiger partial charge in [-0.2, -0.15) is 0 Å². The van der Waals surface area contributed by atoms with Crippen LogP contribution in [0.5, 0.6) is 0 Å². The molecule has 4 aliphatic rings. The molecule has 4 aliphatic heterocycles. The molecule has 5 nitrogen and oxygen atoms in total. The van der Waals surface area contributed by atoms with Crippen molar-refractivity contribution in [3.63, 3.8) is 0 Å². The number of nitrogens with zero attached hydrogens (tertiary/aromatic N) is 2. The topological polar surface area (TPSA) is 57.7 Å². The maximum absolute atomic E-state index is 13.1. The number of hydrogen-bond acceptors (Lipinski definition) is 5. The normalized spacial score (nSPS) is 32.5. The Morgan fingerprint density at radius 3 is 2.23 bits per heavy atom. The van der Waals surface area contributed by atoms with E-state index in [1.165, 1.54) is 16.4 Å². The summed E-state index contributed by atoms with van der Waals surface area (Å²) in [5.41, 5.74) is 0.836. The number of benzene rings is 1. The first-order valence-corrected chi connectivity index (χ1v) is 11.0. The molecule has 7 heteroatoms. The molecule has 26 heavy (non-hydrogen) atoms. The Labute approximate surface area is 160 Å². The molecule has 0 unspecified atom stereocenters. The van der Waals surface area contributed by atoms with Crippen LogP contribution in [0, 0.1) is 0 Å². The summed E-state index contributed by atoms with van der Waals surface area (Å²) in [7, 11) is 0. The Kier molecular flexibility index (Phi) is 3.70. The standard InChI is InChI=1S/C19H20N2O3S2/c1-11-9-19(25-6-7-26-19)10-12-8-15(18(24)20(11)12)21-16(22)13-4-2-3-5-14(13)17(21)23/h2-5,11-12,15H,6-10H2,1H3/t11-,12+,15-/m1/s1. The van der Waals surface area contributed by atoms with E-state index in [9.17, 15) is 14.4 Å². The zero-order valence-electron chi connectivity index (χ0n) is 14.5. The third-order valence-electron chi connectivity index (χ3n) is 6.01. The molecule has 1 spiro atoms. The first kappa shape index (κ1) is 16.7. The lowest BCUT2D eigenvalue weighted by atomic mass is 9.96. The van der Waals surface area contributed by atoms with E-state index >= 15 is 0 Å². The number of thioether (sulfide) groups is 2.